The second kappa shape index (κ2) is 6.53. The third-order valence-corrected chi connectivity index (χ3v) is 3.61. The molecule has 0 aromatic heterocycles. The minimum absolute atomic E-state index is 0.150. The summed E-state index contributed by atoms with van der Waals surface area (Å²) in [5.74, 6) is 1.30. The van der Waals surface area contributed by atoms with Gasteiger partial charge in [-0.3, -0.25) is 0 Å². The van der Waals surface area contributed by atoms with Gasteiger partial charge in [0.15, 0.2) is 0 Å². The lowest BCUT2D eigenvalue weighted by molar-refractivity contribution is 0.385. The highest BCUT2D eigenvalue weighted by Gasteiger charge is 2.17. The molecule has 0 heterocycles. The molecule has 0 saturated carbocycles. The first kappa shape index (κ1) is 13.9. The lowest BCUT2D eigenvalue weighted by Crippen LogP contribution is -2.09. The fraction of sp³-hybridized carbons (Fsp3) is 0.600. The van der Waals surface area contributed by atoms with Crippen molar-refractivity contribution < 1.29 is 10.2 Å². The third kappa shape index (κ3) is 3.95. The zero-order valence-electron chi connectivity index (χ0n) is 11.1. The highest BCUT2D eigenvalue weighted by molar-refractivity contribution is 5.38. The molecule has 2 N–H and O–H groups in total. The first-order chi connectivity index (χ1) is 8.08. The minimum Gasteiger partial charge on any atom is -0.508 e. The van der Waals surface area contributed by atoms with Crippen LogP contribution in [-0.4, -0.2) is 10.2 Å². The molecule has 0 radical (unpaired) electrons. The van der Waals surface area contributed by atoms with Gasteiger partial charge in [0.2, 0.25) is 0 Å². The van der Waals surface area contributed by atoms with Crippen LogP contribution in [0.5, 0.6) is 11.5 Å². The summed E-state index contributed by atoms with van der Waals surface area (Å²) >= 11 is 0. The normalized spacial score (nSPS) is 14.5. The maximum Gasteiger partial charge on any atom is 0.119 e. The molecule has 2 heteroatoms. The van der Waals surface area contributed by atoms with Gasteiger partial charge in [0.25, 0.3) is 0 Å². The molecule has 0 spiro atoms. The Morgan fingerprint density at radius 1 is 1.06 bits per heavy atom. The standard InChI is InChI=1S/C15H24O2/c1-4-6-7-12(5-2)11(3)13-8-14(16)10-15(17)9-13/h8-12,16-17H,4-7H2,1-3H3. The van der Waals surface area contributed by atoms with Crippen molar-refractivity contribution in [1.82, 2.24) is 0 Å². The summed E-state index contributed by atoms with van der Waals surface area (Å²) in [7, 11) is 0. The largest absolute Gasteiger partial charge is 0.508 e. The molecule has 1 aromatic carbocycles. The predicted octanol–water partition coefficient (Wildman–Crippen LogP) is 4.42. The van der Waals surface area contributed by atoms with E-state index in [-0.39, 0.29) is 11.5 Å². The number of hydrogen-bond acceptors (Lipinski definition) is 2. The molecule has 0 amide bonds. The van der Waals surface area contributed by atoms with E-state index in [1.54, 1.807) is 12.1 Å². The SMILES string of the molecule is CCCCC(CC)C(C)c1cc(O)cc(O)c1. The molecule has 0 saturated heterocycles. The molecule has 0 aliphatic carbocycles. The molecule has 0 aliphatic heterocycles. The summed E-state index contributed by atoms with van der Waals surface area (Å²) < 4.78 is 0. The highest BCUT2D eigenvalue weighted by atomic mass is 16.3. The molecule has 1 aromatic rings. The molecule has 2 unspecified atom stereocenters. The smallest absolute Gasteiger partial charge is 0.119 e. The quantitative estimate of drug-likeness (QED) is 0.767. The Hall–Kier alpha value is -1.18. The van der Waals surface area contributed by atoms with Crippen LogP contribution >= 0.6 is 0 Å². The van der Waals surface area contributed by atoms with Crippen LogP contribution in [0.2, 0.25) is 0 Å². The van der Waals surface area contributed by atoms with Crippen LogP contribution < -0.4 is 0 Å². The van der Waals surface area contributed by atoms with E-state index in [1.165, 1.54) is 25.3 Å². The van der Waals surface area contributed by atoms with E-state index in [2.05, 4.69) is 20.8 Å². The summed E-state index contributed by atoms with van der Waals surface area (Å²) in [6, 6.07) is 4.90. The zero-order chi connectivity index (χ0) is 12.8. The van der Waals surface area contributed by atoms with Crippen molar-refractivity contribution >= 4 is 0 Å². The van der Waals surface area contributed by atoms with Crippen molar-refractivity contribution in [1.29, 1.82) is 0 Å². The summed E-state index contributed by atoms with van der Waals surface area (Å²) in [6.07, 6.45) is 4.81. The molecule has 0 bridgehead atoms. The lowest BCUT2D eigenvalue weighted by atomic mass is 9.82. The number of unbranched alkanes of at least 4 members (excludes halogenated alkanes) is 1. The highest BCUT2D eigenvalue weighted by Crippen LogP contribution is 2.34. The topological polar surface area (TPSA) is 40.5 Å². The number of aromatic hydroxyl groups is 2. The minimum atomic E-state index is 0.150. The average Bonchev–Trinajstić information content (AvgIpc) is 2.28. The molecular formula is C15H24O2. The number of phenols is 2. The van der Waals surface area contributed by atoms with Crippen molar-refractivity contribution in [2.75, 3.05) is 0 Å². The first-order valence-electron chi connectivity index (χ1n) is 6.61. The Bertz CT molecular complexity index is 327. The summed E-state index contributed by atoms with van der Waals surface area (Å²) in [5, 5.41) is 19.0. The van der Waals surface area contributed by atoms with Gasteiger partial charge in [-0.2, -0.15) is 0 Å². The fourth-order valence-corrected chi connectivity index (χ4v) is 2.43. The lowest BCUT2D eigenvalue weighted by Gasteiger charge is -2.23. The van der Waals surface area contributed by atoms with E-state index in [4.69, 9.17) is 0 Å². The predicted molar refractivity (Wildman–Crippen MR) is 71.5 cm³/mol. The number of phenolic OH excluding ortho intramolecular Hbond substituents is 2. The molecule has 96 valence electrons. The van der Waals surface area contributed by atoms with E-state index < -0.39 is 0 Å². The Balaban J connectivity index is 2.81. The molecule has 0 aliphatic rings. The average molecular weight is 236 g/mol. The van der Waals surface area contributed by atoms with E-state index in [9.17, 15) is 10.2 Å². The van der Waals surface area contributed by atoms with E-state index in [1.807, 2.05) is 0 Å². The second-order valence-electron chi connectivity index (χ2n) is 4.88. The summed E-state index contributed by atoms with van der Waals surface area (Å²) in [6.45, 7) is 6.59. The Morgan fingerprint density at radius 2 is 1.65 bits per heavy atom. The van der Waals surface area contributed by atoms with Gasteiger partial charge in [-0.1, -0.05) is 40.0 Å². The number of benzene rings is 1. The Kier molecular flexibility index (Phi) is 5.33. The maximum atomic E-state index is 9.51. The van der Waals surface area contributed by atoms with Gasteiger partial charge >= 0.3 is 0 Å². The van der Waals surface area contributed by atoms with Gasteiger partial charge in [-0.25, -0.2) is 0 Å². The molecule has 0 fully saturated rings. The fourth-order valence-electron chi connectivity index (χ4n) is 2.43. The Morgan fingerprint density at radius 3 is 2.12 bits per heavy atom. The van der Waals surface area contributed by atoms with E-state index in [0.29, 0.717) is 11.8 Å². The first-order valence-corrected chi connectivity index (χ1v) is 6.61. The van der Waals surface area contributed by atoms with Crippen molar-refractivity contribution in [2.24, 2.45) is 5.92 Å². The van der Waals surface area contributed by atoms with Crippen LogP contribution in [0.1, 0.15) is 57.9 Å². The second-order valence-corrected chi connectivity index (χ2v) is 4.88. The van der Waals surface area contributed by atoms with Crippen molar-refractivity contribution in [2.45, 2.75) is 52.4 Å². The van der Waals surface area contributed by atoms with Gasteiger partial charge in [0.1, 0.15) is 11.5 Å². The molecule has 2 atom stereocenters. The van der Waals surface area contributed by atoms with Gasteiger partial charge in [0.05, 0.1) is 0 Å². The zero-order valence-corrected chi connectivity index (χ0v) is 11.1. The van der Waals surface area contributed by atoms with Crippen LogP contribution in [0.4, 0.5) is 0 Å². The monoisotopic (exact) mass is 236 g/mol. The van der Waals surface area contributed by atoms with Crippen molar-refractivity contribution in [3.63, 3.8) is 0 Å². The van der Waals surface area contributed by atoms with Gasteiger partial charge in [0, 0.05) is 6.07 Å². The summed E-state index contributed by atoms with van der Waals surface area (Å²) in [4.78, 5) is 0. The van der Waals surface area contributed by atoms with Crippen LogP contribution in [0.15, 0.2) is 18.2 Å². The van der Waals surface area contributed by atoms with Gasteiger partial charge in [-0.05, 0) is 36.0 Å². The maximum absolute atomic E-state index is 9.51. The van der Waals surface area contributed by atoms with Crippen LogP contribution in [0.25, 0.3) is 0 Å². The molecule has 17 heavy (non-hydrogen) atoms. The Labute approximate surface area is 104 Å². The van der Waals surface area contributed by atoms with Crippen LogP contribution in [0.3, 0.4) is 0 Å². The summed E-state index contributed by atoms with van der Waals surface area (Å²) in [5.41, 5.74) is 1.03. The van der Waals surface area contributed by atoms with Crippen molar-refractivity contribution in [3.8, 4) is 11.5 Å². The third-order valence-electron chi connectivity index (χ3n) is 3.61. The van der Waals surface area contributed by atoms with Crippen molar-refractivity contribution in [3.05, 3.63) is 23.8 Å². The van der Waals surface area contributed by atoms with Gasteiger partial charge in [-0.15, -0.1) is 0 Å². The van der Waals surface area contributed by atoms with E-state index in [0.717, 1.165) is 12.0 Å². The number of rotatable bonds is 6. The van der Waals surface area contributed by atoms with Gasteiger partial charge < -0.3 is 10.2 Å². The molecule has 2 nitrogen and oxygen atoms in total. The van der Waals surface area contributed by atoms with E-state index >= 15 is 0 Å². The molecule has 1 rings (SSSR count). The van der Waals surface area contributed by atoms with Crippen LogP contribution in [0, 0.1) is 5.92 Å². The molecular weight excluding hydrogens is 212 g/mol. The van der Waals surface area contributed by atoms with Crippen LogP contribution in [-0.2, 0) is 0 Å². The number of hydrogen-bond donors (Lipinski definition) is 2.